The van der Waals surface area contributed by atoms with Crippen LogP contribution in [0.5, 0.6) is 17.2 Å². The summed E-state index contributed by atoms with van der Waals surface area (Å²) in [6.07, 6.45) is 0.0356. The molecule has 27 heavy (non-hydrogen) atoms. The SMILES string of the molecule is COc1cc(C(=O)N2CCN(c3ccc(O)cc3)CC2)ccc1OC(C)C. The summed E-state index contributed by atoms with van der Waals surface area (Å²) >= 11 is 0. The Kier molecular flexibility index (Phi) is 5.74. The lowest BCUT2D eigenvalue weighted by atomic mass is 10.1. The van der Waals surface area contributed by atoms with E-state index in [-0.39, 0.29) is 17.8 Å². The molecule has 1 aliphatic heterocycles. The number of amides is 1. The van der Waals surface area contributed by atoms with Crippen molar-refractivity contribution < 1.29 is 19.4 Å². The van der Waals surface area contributed by atoms with Crippen LogP contribution in [0, 0.1) is 0 Å². The lowest BCUT2D eigenvalue weighted by Crippen LogP contribution is -2.48. The van der Waals surface area contributed by atoms with Crippen molar-refractivity contribution in [2.45, 2.75) is 20.0 Å². The highest BCUT2D eigenvalue weighted by Crippen LogP contribution is 2.29. The number of rotatable bonds is 5. The summed E-state index contributed by atoms with van der Waals surface area (Å²) < 4.78 is 11.1. The summed E-state index contributed by atoms with van der Waals surface area (Å²) in [6.45, 7) is 6.70. The van der Waals surface area contributed by atoms with E-state index >= 15 is 0 Å². The molecule has 0 radical (unpaired) electrons. The Morgan fingerprint density at radius 1 is 1.00 bits per heavy atom. The van der Waals surface area contributed by atoms with Crippen LogP contribution in [0.4, 0.5) is 5.69 Å². The maximum absolute atomic E-state index is 12.9. The van der Waals surface area contributed by atoms with Crippen molar-refractivity contribution in [2.75, 3.05) is 38.2 Å². The molecule has 1 aliphatic rings. The number of methoxy groups -OCH3 is 1. The van der Waals surface area contributed by atoms with Crippen molar-refractivity contribution in [2.24, 2.45) is 0 Å². The second-order valence-electron chi connectivity index (χ2n) is 6.83. The Labute approximate surface area is 159 Å². The highest BCUT2D eigenvalue weighted by molar-refractivity contribution is 5.95. The lowest BCUT2D eigenvalue weighted by molar-refractivity contribution is 0.0746. The molecule has 1 heterocycles. The fourth-order valence-electron chi connectivity index (χ4n) is 3.17. The molecule has 3 rings (SSSR count). The van der Waals surface area contributed by atoms with Gasteiger partial charge in [0.2, 0.25) is 0 Å². The third-order valence-electron chi connectivity index (χ3n) is 4.55. The standard InChI is InChI=1S/C21H26N2O4/c1-15(2)27-19-9-4-16(14-20(19)26-3)21(25)23-12-10-22(11-13-23)17-5-7-18(24)8-6-17/h4-9,14-15,24H,10-13H2,1-3H3. The summed E-state index contributed by atoms with van der Waals surface area (Å²) in [6, 6.07) is 12.5. The Hall–Kier alpha value is -2.89. The maximum Gasteiger partial charge on any atom is 0.254 e. The van der Waals surface area contributed by atoms with E-state index in [4.69, 9.17) is 9.47 Å². The van der Waals surface area contributed by atoms with Crippen molar-refractivity contribution in [1.29, 1.82) is 0 Å². The Morgan fingerprint density at radius 3 is 2.26 bits per heavy atom. The van der Waals surface area contributed by atoms with E-state index in [2.05, 4.69) is 4.90 Å². The van der Waals surface area contributed by atoms with Crippen molar-refractivity contribution in [3.63, 3.8) is 0 Å². The first kappa shape index (κ1) is 18.9. The van der Waals surface area contributed by atoms with Crippen molar-refractivity contribution >= 4 is 11.6 Å². The van der Waals surface area contributed by atoms with E-state index < -0.39 is 0 Å². The molecule has 0 saturated carbocycles. The second-order valence-corrected chi connectivity index (χ2v) is 6.83. The van der Waals surface area contributed by atoms with Gasteiger partial charge in [-0.2, -0.15) is 0 Å². The molecule has 1 N–H and O–H groups in total. The summed E-state index contributed by atoms with van der Waals surface area (Å²) in [4.78, 5) is 16.9. The van der Waals surface area contributed by atoms with Crippen LogP contribution in [0.1, 0.15) is 24.2 Å². The minimum atomic E-state index is -0.00486. The van der Waals surface area contributed by atoms with Crippen molar-refractivity contribution in [3.05, 3.63) is 48.0 Å². The molecule has 6 nitrogen and oxygen atoms in total. The zero-order valence-corrected chi connectivity index (χ0v) is 16.0. The molecule has 1 amide bonds. The molecule has 2 aromatic carbocycles. The molecule has 6 heteroatoms. The smallest absolute Gasteiger partial charge is 0.254 e. The van der Waals surface area contributed by atoms with Gasteiger partial charge in [0.05, 0.1) is 13.2 Å². The molecule has 0 atom stereocenters. The van der Waals surface area contributed by atoms with Gasteiger partial charge in [0.1, 0.15) is 5.75 Å². The number of piperazine rings is 1. The van der Waals surface area contributed by atoms with Gasteiger partial charge in [-0.1, -0.05) is 0 Å². The zero-order valence-electron chi connectivity index (χ0n) is 16.0. The average Bonchev–Trinajstić information content (AvgIpc) is 2.68. The minimum Gasteiger partial charge on any atom is -0.508 e. The Bertz CT molecular complexity index is 781. The van der Waals surface area contributed by atoms with Crippen LogP contribution in [-0.4, -0.2) is 55.3 Å². The van der Waals surface area contributed by atoms with Gasteiger partial charge in [-0.05, 0) is 56.3 Å². The minimum absolute atomic E-state index is 0.00486. The number of phenolic OH excluding ortho intramolecular Hbond substituents is 1. The largest absolute Gasteiger partial charge is 0.508 e. The van der Waals surface area contributed by atoms with Gasteiger partial charge in [-0.25, -0.2) is 0 Å². The topological polar surface area (TPSA) is 62.2 Å². The molecule has 1 fully saturated rings. The normalized spacial score (nSPS) is 14.4. The average molecular weight is 370 g/mol. The molecule has 0 unspecified atom stereocenters. The van der Waals surface area contributed by atoms with Crippen LogP contribution in [0.15, 0.2) is 42.5 Å². The van der Waals surface area contributed by atoms with E-state index in [1.165, 1.54) is 0 Å². The number of anilines is 1. The van der Waals surface area contributed by atoms with Crippen LogP contribution in [0.3, 0.4) is 0 Å². The van der Waals surface area contributed by atoms with Crippen molar-refractivity contribution in [1.82, 2.24) is 4.90 Å². The number of carbonyl (C=O) groups excluding carboxylic acids is 1. The number of nitrogens with zero attached hydrogens (tertiary/aromatic N) is 2. The number of carbonyl (C=O) groups is 1. The van der Waals surface area contributed by atoms with E-state index in [0.717, 1.165) is 18.8 Å². The fourth-order valence-corrected chi connectivity index (χ4v) is 3.17. The van der Waals surface area contributed by atoms with Gasteiger partial charge < -0.3 is 24.4 Å². The van der Waals surface area contributed by atoms with Crippen LogP contribution >= 0.6 is 0 Å². The Balaban J connectivity index is 1.66. The summed E-state index contributed by atoms with van der Waals surface area (Å²) in [5, 5.41) is 9.42. The third kappa shape index (κ3) is 4.45. The van der Waals surface area contributed by atoms with Crippen LogP contribution in [-0.2, 0) is 0 Å². The van der Waals surface area contributed by atoms with Gasteiger partial charge in [-0.15, -0.1) is 0 Å². The predicted octanol–water partition coefficient (Wildman–Crippen LogP) is 3.15. The molecule has 0 aliphatic carbocycles. The number of aromatic hydroxyl groups is 1. The van der Waals surface area contributed by atoms with Crippen molar-refractivity contribution in [3.8, 4) is 17.2 Å². The molecule has 0 aromatic heterocycles. The number of phenols is 1. The van der Waals surface area contributed by atoms with Gasteiger partial charge >= 0.3 is 0 Å². The van der Waals surface area contributed by atoms with E-state index in [1.807, 2.05) is 30.9 Å². The quantitative estimate of drug-likeness (QED) is 0.876. The fraction of sp³-hybridized carbons (Fsp3) is 0.381. The number of hydrogen-bond acceptors (Lipinski definition) is 5. The molecule has 1 saturated heterocycles. The van der Waals surface area contributed by atoms with Crippen LogP contribution < -0.4 is 14.4 Å². The highest BCUT2D eigenvalue weighted by atomic mass is 16.5. The van der Waals surface area contributed by atoms with E-state index in [0.29, 0.717) is 30.2 Å². The first-order valence-electron chi connectivity index (χ1n) is 9.16. The van der Waals surface area contributed by atoms with E-state index in [1.54, 1.807) is 37.4 Å². The monoisotopic (exact) mass is 370 g/mol. The summed E-state index contributed by atoms with van der Waals surface area (Å²) in [5.74, 6) is 1.46. The first-order valence-corrected chi connectivity index (χ1v) is 9.16. The van der Waals surface area contributed by atoms with E-state index in [9.17, 15) is 9.90 Å². The lowest BCUT2D eigenvalue weighted by Gasteiger charge is -2.36. The molecule has 0 spiro atoms. The third-order valence-corrected chi connectivity index (χ3v) is 4.55. The predicted molar refractivity (Wildman–Crippen MR) is 105 cm³/mol. The van der Waals surface area contributed by atoms with Crippen LogP contribution in [0.25, 0.3) is 0 Å². The summed E-state index contributed by atoms with van der Waals surface area (Å²) in [5.41, 5.74) is 1.65. The molecule has 0 bridgehead atoms. The number of ether oxygens (including phenoxy) is 2. The molecular formula is C21H26N2O4. The Morgan fingerprint density at radius 2 is 1.67 bits per heavy atom. The van der Waals surface area contributed by atoms with Gasteiger partial charge in [0.15, 0.2) is 11.5 Å². The second kappa shape index (κ2) is 8.20. The number of benzene rings is 2. The molecular weight excluding hydrogens is 344 g/mol. The van der Waals surface area contributed by atoms with Gasteiger partial charge in [0.25, 0.3) is 5.91 Å². The van der Waals surface area contributed by atoms with Gasteiger partial charge in [-0.3, -0.25) is 4.79 Å². The van der Waals surface area contributed by atoms with Crippen LogP contribution in [0.2, 0.25) is 0 Å². The first-order chi connectivity index (χ1) is 13.0. The highest BCUT2D eigenvalue weighted by Gasteiger charge is 2.23. The zero-order chi connectivity index (χ0) is 19.4. The molecule has 2 aromatic rings. The van der Waals surface area contributed by atoms with Gasteiger partial charge in [0, 0.05) is 37.4 Å². The number of hydrogen-bond donors (Lipinski definition) is 1. The summed E-state index contributed by atoms with van der Waals surface area (Å²) in [7, 11) is 1.58. The molecule has 144 valence electrons. The maximum atomic E-state index is 12.9.